The Kier molecular flexibility index (Phi) is 10.5. The van der Waals surface area contributed by atoms with Gasteiger partial charge in [-0.3, -0.25) is 0 Å². The number of benzene rings is 1. The van der Waals surface area contributed by atoms with Gasteiger partial charge in [-0.2, -0.15) is 0 Å². The number of carbonyl (C=O) groups is 1. The van der Waals surface area contributed by atoms with Gasteiger partial charge in [0.2, 0.25) is 0 Å². The number of aryl methyl sites for hydroxylation is 1. The molecule has 0 amide bonds. The zero-order valence-corrected chi connectivity index (χ0v) is 21.1. The van der Waals surface area contributed by atoms with Crippen LogP contribution in [0.5, 0.6) is 0 Å². The van der Waals surface area contributed by atoms with Gasteiger partial charge in [0.25, 0.3) is 0 Å². The number of alkyl halides is 1. The lowest BCUT2D eigenvalue weighted by Crippen LogP contribution is -2.31. The smallest absolute Gasteiger partial charge is 0.341 e. The molecule has 0 saturated heterocycles. The van der Waals surface area contributed by atoms with E-state index < -0.39 is 12.1 Å². The Balaban J connectivity index is 1.46. The third-order valence-electron chi connectivity index (χ3n) is 7.24. The molecule has 186 valence electrons. The Labute approximate surface area is 204 Å². The van der Waals surface area contributed by atoms with Crippen LogP contribution in [-0.4, -0.2) is 28.2 Å². The van der Waals surface area contributed by atoms with E-state index in [4.69, 9.17) is 4.74 Å². The second-order valence-electron chi connectivity index (χ2n) is 9.90. The first-order chi connectivity index (χ1) is 16.5. The van der Waals surface area contributed by atoms with Gasteiger partial charge in [-0.25, -0.2) is 19.2 Å². The molecule has 2 atom stereocenters. The molecule has 1 aromatic heterocycles. The average Bonchev–Trinajstić information content (AvgIpc) is 2.88. The highest BCUT2D eigenvalue weighted by Gasteiger charge is 2.30. The summed E-state index contributed by atoms with van der Waals surface area (Å²) in [6, 6.07) is 8.53. The van der Waals surface area contributed by atoms with Crippen molar-refractivity contribution in [3.05, 3.63) is 47.8 Å². The lowest BCUT2D eigenvalue weighted by atomic mass is 9.82. The van der Waals surface area contributed by atoms with E-state index in [2.05, 4.69) is 41.2 Å². The second-order valence-corrected chi connectivity index (χ2v) is 9.90. The van der Waals surface area contributed by atoms with Gasteiger partial charge < -0.3 is 4.74 Å². The summed E-state index contributed by atoms with van der Waals surface area (Å²) in [7, 11) is 0. The fraction of sp³-hybridized carbons (Fsp3) is 0.621. The molecule has 0 aliphatic heterocycles. The van der Waals surface area contributed by atoms with Crippen LogP contribution in [0.1, 0.15) is 102 Å². The van der Waals surface area contributed by atoms with Crippen molar-refractivity contribution in [3.63, 3.8) is 0 Å². The monoisotopic (exact) mass is 468 g/mol. The van der Waals surface area contributed by atoms with Crippen molar-refractivity contribution in [2.24, 2.45) is 5.92 Å². The van der Waals surface area contributed by atoms with Gasteiger partial charge in [0.05, 0.1) is 0 Å². The summed E-state index contributed by atoms with van der Waals surface area (Å²) >= 11 is 0. The highest BCUT2D eigenvalue weighted by molar-refractivity contribution is 5.75. The SMILES string of the molecule is CCCCCCCc1cnc(-c2ccc(C3CCC(OC(=O)[C@@H](F)[C@@H](C)CC)CC3)cc2)nc1. The number of nitrogens with zero attached hydrogens (tertiary/aromatic N) is 2. The normalized spacial score (nSPS) is 20.0. The van der Waals surface area contributed by atoms with E-state index in [-0.39, 0.29) is 12.0 Å². The molecule has 1 aliphatic rings. The first-order valence-electron chi connectivity index (χ1n) is 13.3. The Bertz CT molecular complexity index is 861. The molecule has 0 unspecified atom stereocenters. The van der Waals surface area contributed by atoms with E-state index >= 15 is 0 Å². The second kappa shape index (κ2) is 13.6. The molecular weight excluding hydrogens is 427 g/mol. The van der Waals surface area contributed by atoms with Gasteiger partial charge in [0, 0.05) is 18.0 Å². The molecule has 4 nitrogen and oxygen atoms in total. The van der Waals surface area contributed by atoms with Crippen LogP contribution in [0, 0.1) is 5.92 Å². The number of rotatable bonds is 12. The highest BCUT2D eigenvalue weighted by atomic mass is 19.1. The third kappa shape index (κ3) is 7.61. The third-order valence-corrected chi connectivity index (χ3v) is 7.24. The maximum Gasteiger partial charge on any atom is 0.341 e. The Morgan fingerprint density at radius 2 is 1.65 bits per heavy atom. The van der Waals surface area contributed by atoms with Crippen LogP contribution in [0.15, 0.2) is 36.7 Å². The molecule has 0 N–H and O–H groups in total. The van der Waals surface area contributed by atoms with Crippen molar-refractivity contribution < 1.29 is 13.9 Å². The van der Waals surface area contributed by atoms with E-state index in [1.807, 2.05) is 19.3 Å². The molecule has 1 heterocycles. The van der Waals surface area contributed by atoms with Gasteiger partial charge in [-0.1, -0.05) is 77.1 Å². The molecule has 3 rings (SSSR count). The van der Waals surface area contributed by atoms with Gasteiger partial charge in [0.1, 0.15) is 6.10 Å². The lowest BCUT2D eigenvalue weighted by Gasteiger charge is -2.29. The molecule has 2 aromatic rings. The molecule has 0 bridgehead atoms. The van der Waals surface area contributed by atoms with Crippen LogP contribution in [0.4, 0.5) is 4.39 Å². The number of halogens is 1. The molecular formula is C29H41FN2O2. The predicted octanol–water partition coefficient (Wildman–Crippen LogP) is 7.61. The maximum atomic E-state index is 14.1. The topological polar surface area (TPSA) is 52.1 Å². The molecule has 1 aromatic carbocycles. The number of aromatic nitrogens is 2. The number of ether oxygens (including phenoxy) is 1. The summed E-state index contributed by atoms with van der Waals surface area (Å²) < 4.78 is 19.6. The standard InChI is InChI=1S/C29H41FN2O2/c1-4-6-7-8-9-10-22-19-31-28(32-20-22)25-13-11-23(12-14-25)24-15-17-26(18-16-24)34-29(33)27(30)21(3)5-2/h11-14,19-21,24,26-27H,4-10,15-18H2,1-3H3/t21-,24?,26?,27-/m0/s1. The van der Waals surface area contributed by atoms with Crippen LogP contribution in [0.2, 0.25) is 0 Å². The van der Waals surface area contributed by atoms with Gasteiger partial charge in [0.15, 0.2) is 12.0 Å². The number of esters is 1. The minimum Gasteiger partial charge on any atom is -0.460 e. The summed E-state index contributed by atoms with van der Waals surface area (Å²) in [6.07, 6.45) is 13.8. The van der Waals surface area contributed by atoms with Crippen molar-refractivity contribution in [2.75, 3.05) is 0 Å². The quantitative estimate of drug-likeness (QED) is 0.238. The van der Waals surface area contributed by atoms with Gasteiger partial charge in [-0.05, 0) is 61.5 Å². The van der Waals surface area contributed by atoms with E-state index in [1.165, 1.54) is 43.2 Å². The number of hydrogen-bond acceptors (Lipinski definition) is 4. The molecule has 0 spiro atoms. The van der Waals surface area contributed by atoms with Crippen molar-refractivity contribution >= 4 is 5.97 Å². The van der Waals surface area contributed by atoms with E-state index in [0.717, 1.165) is 43.5 Å². The Morgan fingerprint density at radius 3 is 2.26 bits per heavy atom. The average molecular weight is 469 g/mol. The zero-order valence-electron chi connectivity index (χ0n) is 21.1. The molecule has 1 fully saturated rings. The van der Waals surface area contributed by atoms with Crippen LogP contribution in [-0.2, 0) is 16.0 Å². The van der Waals surface area contributed by atoms with E-state index in [9.17, 15) is 9.18 Å². The van der Waals surface area contributed by atoms with Crippen molar-refractivity contribution in [1.82, 2.24) is 9.97 Å². The van der Waals surface area contributed by atoms with Crippen LogP contribution in [0.3, 0.4) is 0 Å². The number of unbranched alkanes of at least 4 members (excludes halogenated alkanes) is 4. The van der Waals surface area contributed by atoms with Crippen molar-refractivity contribution in [1.29, 1.82) is 0 Å². The van der Waals surface area contributed by atoms with Crippen LogP contribution >= 0.6 is 0 Å². The maximum absolute atomic E-state index is 14.1. The van der Waals surface area contributed by atoms with E-state index in [0.29, 0.717) is 12.3 Å². The summed E-state index contributed by atoms with van der Waals surface area (Å²) in [5.41, 5.74) is 3.53. The number of carbonyl (C=O) groups excluding carboxylic acids is 1. The summed E-state index contributed by atoms with van der Waals surface area (Å²) in [4.78, 5) is 21.2. The Morgan fingerprint density at radius 1 is 1.00 bits per heavy atom. The summed E-state index contributed by atoms with van der Waals surface area (Å²) in [6.45, 7) is 5.88. The fourth-order valence-electron chi connectivity index (χ4n) is 4.65. The summed E-state index contributed by atoms with van der Waals surface area (Å²) in [5.74, 6) is 0.220. The zero-order chi connectivity index (χ0) is 24.3. The largest absolute Gasteiger partial charge is 0.460 e. The first-order valence-corrected chi connectivity index (χ1v) is 13.3. The van der Waals surface area contributed by atoms with Gasteiger partial charge >= 0.3 is 5.97 Å². The molecule has 34 heavy (non-hydrogen) atoms. The fourth-order valence-corrected chi connectivity index (χ4v) is 4.65. The van der Waals surface area contributed by atoms with Crippen molar-refractivity contribution in [2.45, 2.75) is 110 Å². The summed E-state index contributed by atoms with van der Waals surface area (Å²) in [5, 5.41) is 0. The van der Waals surface area contributed by atoms with Crippen LogP contribution in [0.25, 0.3) is 11.4 Å². The highest BCUT2D eigenvalue weighted by Crippen LogP contribution is 2.35. The van der Waals surface area contributed by atoms with Crippen molar-refractivity contribution in [3.8, 4) is 11.4 Å². The van der Waals surface area contributed by atoms with Gasteiger partial charge in [-0.15, -0.1) is 0 Å². The van der Waals surface area contributed by atoms with E-state index in [1.54, 1.807) is 6.92 Å². The minimum absolute atomic E-state index is 0.163. The molecule has 5 heteroatoms. The first kappa shape index (κ1) is 26.3. The Hall–Kier alpha value is -2.30. The lowest BCUT2D eigenvalue weighted by molar-refractivity contribution is -0.158. The number of hydrogen-bond donors (Lipinski definition) is 0. The minimum atomic E-state index is -1.52. The molecule has 1 aliphatic carbocycles. The predicted molar refractivity (Wildman–Crippen MR) is 135 cm³/mol. The molecule has 1 saturated carbocycles. The molecule has 0 radical (unpaired) electrons. The van der Waals surface area contributed by atoms with Crippen LogP contribution < -0.4 is 0 Å².